The van der Waals surface area contributed by atoms with Crippen LogP contribution in [0.25, 0.3) is 10.8 Å². The van der Waals surface area contributed by atoms with E-state index in [9.17, 15) is 4.79 Å². The maximum absolute atomic E-state index is 13.0. The Morgan fingerprint density at radius 1 is 1.19 bits per heavy atom. The fourth-order valence-electron chi connectivity index (χ4n) is 3.70. The van der Waals surface area contributed by atoms with Crippen LogP contribution in [0.1, 0.15) is 48.6 Å². The number of likely N-dealkylation sites (tertiary alicyclic amines) is 1. The molecule has 0 bridgehead atoms. The lowest BCUT2D eigenvalue weighted by molar-refractivity contribution is -0.134. The summed E-state index contributed by atoms with van der Waals surface area (Å²) in [6.45, 7) is 3.64. The number of rotatable bonds is 5. The molecule has 1 saturated heterocycles. The van der Waals surface area contributed by atoms with Crippen molar-refractivity contribution in [2.75, 3.05) is 13.1 Å². The van der Waals surface area contributed by atoms with E-state index in [1.165, 1.54) is 0 Å². The summed E-state index contributed by atoms with van der Waals surface area (Å²) in [7, 11) is 0. The highest BCUT2D eigenvalue weighted by Crippen LogP contribution is 2.34. The second-order valence-corrected chi connectivity index (χ2v) is 7.90. The molecule has 1 aromatic carbocycles. The molecule has 140 valence electrons. The summed E-state index contributed by atoms with van der Waals surface area (Å²) in [6, 6.07) is 13.9. The van der Waals surface area contributed by atoms with Crippen molar-refractivity contribution in [3.8, 4) is 10.8 Å². The van der Waals surface area contributed by atoms with Crippen LogP contribution in [0.2, 0.25) is 0 Å². The molecular formula is C21H23N3O2S. The number of carbonyl (C=O) groups is 1. The van der Waals surface area contributed by atoms with Crippen LogP contribution in [-0.2, 0) is 4.79 Å². The highest BCUT2D eigenvalue weighted by molar-refractivity contribution is 7.14. The van der Waals surface area contributed by atoms with E-state index in [4.69, 9.17) is 4.42 Å². The molecular weight excluding hydrogens is 358 g/mol. The van der Waals surface area contributed by atoms with Crippen LogP contribution in [0.3, 0.4) is 0 Å². The minimum atomic E-state index is -0.0464. The van der Waals surface area contributed by atoms with Crippen molar-refractivity contribution >= 4 is 17.2 Å². The van der Waals surface area contributed by atoms with Crippen molar-refractivity contribution in [3.05, 3.63) is 59.3 Å². The molecule has 1 amide bonds. The maximum atomic E-state index is 13.0. The van der Waals surface area contributed by atoms with Gasteiger partial charge < -0.3 is 9.32 Å². The number of piperidine rings is 1. The monoisotopic (exact) mass is 381 g/mol. The van der Waals surface area contributed by atoms with Crippen LogP contribution in [-0.4, -0.2) is 34.1 Å². The molecule has 1 fully saturated rings. The second-order valence-electron chi connectivity index (χ2n) is 6.89. The first-order valence-corrected chi connectivity index (χ1v) is 10.3. The number of furan rings is 1. The van der Waals surface area contributed by atoms with Gasteiger partial charge in [-0.25, -0.2) is 0 Å². The molecule has 27 heavy (non-hydrogen) atoms. The van der Waals surface area contributed by atoms with Gasteiger partial charge in [0.25, 0.3) is 0 Å². The first-order chi connectivity index (χ1) is 13.3. The zero-order valence-corrected chi connectivity index (χ0v) is 16.2. The van der Waals surface area contributed by atoms with Crippen LogP contribution in [0, 0.1) is 0 Å². The summed E-state index contributed by atoms with van der Waals surface area (Å²) in [6.07, 6.45) is 4.34. The number of nitrogens with zero attached hydrogens (tertiary/aromatic N) is 3. The Labute approximate surface area is 163 Å². The number of aromatic nitrogens is 2. The Hall–Kier alpha value is -2.47. The highest BCUT2D eigenvalue weighted by Gasteiger charge is 2.30. The van der Waals surface area contributed by atoms with Crippen LogP contribution >= 0.6 is 11.3 Å². The second kappa shape index (κ2) is 8.05. The molecule has 0 unspecified atom stereocenters. The van der Waals surface area contributed by atoms with Crippen molar-refractivity contribution in [2.24, 2.45) is 0 Å². The smallest absolute Gasteiger partial charge is 0.230 e. The predicted octanol–water partition coefficient (Wildman–Crippen LogP) is 4.70. The minimum absolute atomic E-state index is 0.0464. The van der Waals surface area contributed by atoms with E-state index in [1.54, 1.807) is 17.6 Å². The maximum Gasteiger partial charge on any atom is 0.230 e. The average Bonchev–Trinajstić information content (AvgIpc) is 3.41. The third-order valence-electron chi connectivity index (χ3n) is 5.24. The Morgan fingerprint density at radius 3 is 2.63 bits per heavy atom. The zero-order chi connectivity index (χ0) is 18.6. The summed E-state index contributed by atoms with van der Waals surface area (Å²) in [5.41, 5.74) is 1.11. The number of hydrogen-bond donors (Lipinski definition) is 0. The summed E-state index contributed by atoms with van der Waals surface area (Å²) in [4.78, 5) is 15.0. The molecule has 0 N–H and O–H groups in total. The minimum Gasteiger partial charge on any atom is -0.462 e. The van der Waals surface area contributed by atoms with E-state index in [-0.39, 0.29) is 11.8 Å². The molecule has 2 aromatic heterocycles. The van der Waals surface area contributed by atoms with Crippen LogP contribution in [0.15, 0.2) is 53.1 Å². The molecule has 6 heteroatoms. The van der Waals surface area contributed by atoms with Gasteiger partial charge in [0.15, 0.2) is 10.8 Å². The Bertz CT molecular complexity index is 868. The topological polar surface area (TPSA) is 59.2 Å². The molecule has 1 aliphatic heterocycles. The lowest BCUT2D eigenvalue weighted by atomic mass is 9.92. The molecule has 4 rings (SSSR count). The molecule has 3 heterocycles. The van der Waals surface area contributed by atoms with Crippen LogP contribution in [0.5, 0.6) is 0 Å². The van der Waals surface area contributed by atoms with Gasteiger partial charge in [-0.05, 0) is 37.0 Å². The van der Waals surface area contributed by atoms with Gasteiger partial charge in [0, 0.05) is 19.0 Å². The zero-order valence-electron chi connectivity index (χ0n) is 15.4. The number of hydrogen-bond acceptors (Lipinski definition) is 5. The van der Waals surface area contributed by atoms with Gasteiger partial charge in [-0.15, -0.1) is 10.2 Å². The summed E-state index contributed by atoms with van der Waals surface area (Å²) in [5.74, 6) is 1.33. The molecule has 0 aliphatic carbocycles. The molecule has 5 nitrogen and oxygen atoms in total. The van der Waals surface area contributed by atoms with Crippen molar-refractivity contribution in [1.82, 2.24) is 15.1 Å². The molecule has 1 atom stereocenters. The van der Waals surface area contributed by atoms with Gasteiger partial charge in [-0.3, -0.25) is 4.79 Å². The first kappa shape index (κ1) is 17.9. The number of benzene rings is 1. The Balaban J connectivity index is 1.39. The largest absolute Gasteiger partial charge is 0.462 e. The molecule has 3 aromatic rings. The van der Waals surface area contributed by atoms with Gasteiger partial charge in [0.1, 0.15) is 5.01 Å². The van der Waals surface area contributed by atoms with Crippen molar-refractivity contribution in [2.45, 2.75) is 38.0 Å². The molecule has 1 aliphatic rings. The van der Waals surface area contributed by atoms with E-state index >= 15 is 0 Å². The first-order valence-electron chi connectivity index (χ1n) is 9.47. The van der Waals surface area contributed by atoms with Crippen LogP contribution < -0.4 is 0 Å². The number of carbonyl (C=O) groups excluding carboxylic acids is 1. The predicted molar refractivity (Wildman–Crippen MR) is 106 cm³/mol. The average molecular weight is 382 g/mol. The SMILES string of the molecule is CC[C@@H](C(=O)N1CCC(c2nnc(-c3ccco3)s2)CC1)c1ccccc1. The van der Waals surface area contributed by atoms with E-state index in [0.29, 0.717) is 5.92 Å². The highest BCUT2D eigenvalue weighted by atomic mass is 32.1. The van der Waals surface area contributed by atoms with Crippen molar-refractivity contribution in [3.63, 3.8) is 0 Å². The number of amides is 1. The van der Waals surface area contributed by atoms with Gasteiger partial charge >= 0.3 is 0 Å². The fraction of sp³-hybridized carbons (Fsp3) is 0.381. The lowest BCUT2D eigenvalue weighted by Crippen LogP contribution is -2.40. The van der Waals surface area contributed by atoms with Gasteiger partial charge in [-0.1, -0.05) is 48.6 Å². The van der Waals surface area contributed by atoms with Gasteiger partial charge in [-0.2, -0.15) is 0 Å². The molecule has 0 saturated carbocycles. The Morgan fingerprint density at radius 2 is 1.96 bits per heavy atom. The van der Waals surface area contributed by atoms with Crippen LogP contribution in [0.4, 0.5) is 0 Å². The van der Waals surface area contributed by atoms with Crippen molar-refractivity contribution < 1.29 is 9.21 Å². The van der Waals surface area contributed by atoms with E-state index in [1.807, 2.05) is 35.2 Å². The third kappa shape index (κ3) is 3.81. The normalized spacial score (nSPS) is 16.4. The van der Waals surface area contributed by atoms with E-state index < -0.39 is 0 Å². The third-order valence-corrected chi connectivity index (χ3v) is 6.34. The van der Waals surface area contributed by atoms with E-state index in [0.717, 1.165) is 53.7 Å². The summed E-state index contributed by atoms with van der Waals surface area (Å²) < 4.78 is 5.40. The quantitative estimate of drug-likeness (QED) is 0.643. The van der Waals surface area contributed by atoms with E-state index in [2.05, 4.69) is 29.3 Å². The summed E-state index contributed by atoms with van der Waals surface area (Å²) in [5, 5.41) is 10.5. The fourth-order valence-corrected chi connectivity index (χ4v) is 4.69. The molecule has 0 radical (unpaired) electrons. The van der Waals surface area contributed by atoms with Gasteiger partial charge in [0.2, 0.25) is 5.91 Å². The standard InChI is InChI=1S/C21H23N3O2S/c1-2-17(15-7-4-3-5-8-15)21(25)24-12-10-16(11-13-24)19-22-23-20(27-19)18-9-6-14-26-18/h3-9,14,16-17H,2,10-13H2,1H3/t17-/m1/s1. The molecule has 0 spiro atoms. The van der Waals surface area contributed by atoms with Gasteiger partial charge in [0.05, 0.1) is 12.2 Å². The lowest BCUT2D eigenvalue weighted by Gasteiger charge is -2.33. The Kier molecular flexibility index (Phi) is 5.34. The summed E-state index contributed by atoms with van der Waals surface area (Å²) >= 11 is 1.60. The van der Waals surface area contributed by atoms with Crippen molar-refractivity contribution in [1.29, 1.82) is 0 Å².